The first-order chi connectivity index (χ1) is 7.93. The number of methoxy groups -OCH3 is 1. The van der Waals surface area contributed by atoms with Gasteiger partial charge in [0.25, 0.3) is 0 Å². The van der Waals surface area contributed by atoms with E-state index >= 15 is 0 Å². The topological polar surface area (TPSA) is 35.5 Å². The summed E-state index contributed by atoms with van der Waals surface area (Å²) in [5, 5.41) is 0. The van der Waals surface area contributed by atoms with Gasteiger partial charge in [-0.3, -0.25) is 4.79 Å². The van der Waals surface area contributed by atoms with Crippen molar-refractivity contribution < 1.29 is 27.4 Å². The Balaban J connectivity index is 2.64. The smallest absolute Gasteiger partial charge is 0.416 e. The summed E-state index contributed by atoms with van der Waals surface area (Å²) >= 11 is 0. The summed E-state index contributed by atoms with van der Waals surface area (Å²) in [6.45, 7) is -0.436. The van der Waals surface area contributed by atoms with Crippen molar-refractivity contribution in [1.29, 1.82) is 0 Å². The number of hydrogen-bond donors (Lipinski definition) is 0. The normalized spacial score (nSPS) is 11.3. The first kappa shape index (κ1) is 13.5. The van der Waals surface area contributed by atoms with E-state index in [1.54, 1.807) is 0 Å². The monoisotopic (exact) mass is 248 g/mol. The highest BCUT2D eigenvalue weighted by Gasteiger charge is 2.30. The van der Waals surface area contributed by atoms with E-state index in [1.165, 1.54) is 19.2 Å². The molecule has 3 nitrogen and oxygen atoms in total. The van der Waals surface area contributed by atoms with Gasteiger partial charge in [0.1, 0.15) is 19.0 Å². The van der Waals surface area contributed by atoms with E-state index in [4.69, 9.17) is 4.74 Å². The van der Waals surface area contributed by atoms with Crippen LogP contribution in [0.2, 0.25) is 0 Å². The molecule has 0 radical (unpaired) electrons. The minimum absolute atomic E-state index is 0.00396. The molecule has 0 heterocycles. The van der Waals surface area contributed by atoms with Crippen molar-refractivity contribution in [3.63, 3.8) is 0 Å². The highest BCUT2D eigenvalue weighted by molar-refractivity contribution is 5.81. The molecule has 0 N–H and O–H groups in total. The van der Waals surface area contributed by atoms with Crippen LogP contribution in [-0.2, 0) is 15.7 Å². The van der Waals surface area contributed by atoms with E-state index in [1.807, 2.05) is 0 Å². The van der Waals surface area contributed by atoms with Gasteiger partial charge < -0.3 is 9.47 Å². The lowest BCUT2D eigenvalue weighted by molar-refractivity contribution is -0.137. The SMILES string of the molecule is COCC(=O)COc1cccc(C(F)(F)F)c1. The number of halogens is 3. The van der Waals surface area contributed by atoms with Crippen LogP contribution in [0.15, 0.2) is 24.3 Å². The molecule has 0 unspecified atom stereocenters. The fraction of sp³-hybridized carbons (Fsp3) is 0.364. The standard InChI is InChI=1S/C11H11F3O3/c1-16-6-9(15)7-17-10-4-2-3-8(5-10)11(12,13)14/h2-5H,6-7H2,1H3. The Bertz CT molecular complexity index is 388. The number of benzene rings is 1. The van der Waals surface area contributed by atoms with Crippen LogP contribution in [0.5, 0.6) is 5.75 Å². The van der Waals surface area contributed by atoms with E-state index < -0.39 is 11.7 Å². The second-order valence-corrected chi connectivity index (χ2v) is 3.29. The van der Waals surface area contributed by atoms with Crippen LogP contribution >= 0.6 is 0 Å². The van der Waals surface area contributed by atoms with Gasteiger partial charge in [0, 0.05) is 7.11 Å². The molecule has 17 heavy (non-hydrogen) atoms. The molecule has 0 aromatic heterocycles. The van der Waals surface area contributed by atoms with Crippen molar-refractivity contribution in [1.82, 2.24) is 0 Å². The van der Waals surface area contributed by atoms with Gasteiger partial charge in [-0.25, -0.2) is 0 Å². The molecule has 0 amide bonds. The molecule has 1 aromatic carbocycles. The largest absolute Gasteiger partial charge is 0.486 e. The van der Waals surface area contributed by atoms with Crippen LogP contribution in [0.4, 0.5) is 13.2 Å². The van der Waals surface area contributed by atoms with Gasteiger partial charge in [0.05, 0.1) is 5.56 Å². The number of ether oxygens (including phenoxy) is 2. The molecular formula is C11H11F3O3. The number of alkyl halides is 3. The quantitative estimate of drug-likeness (QED) is 0.802. The van der Waals surface area contributed by atoms with Crippen molar-refractivity contribution >= 4 is 5.78 Å². The molecule has 0 aliphatic carbocycles. The zero-order valence-corrected chi connectivity index (χ0v) is 9.08. The second kappa shape index (κ2) is 5.67. The zero-order chi connectivity index (χ0) is 12.9. The average molecular weight is 248 g/mol. The van der Waals surface area contributed by atoms with E-state index in [-0.39, 0.29) is 24.7 Å². The Hall–Kier alpha value is -1.56. The molecular weight excluding hydrogens is 237 g/mol. The number of rotatable bonds is 5. The number of Topliss-reactive ketones (excluding diaryl/α,β-unsaturated/α-hetero) is 1. The highest BCUT2D eigenvalue weighted by Crippen LogP contribution is 2.31. The summed E-state index contributed by atoms with van der Waals surface area (Å²) in [5.74, 6) is -0.339. The molecule has 1 rings (SSSR count). The summed E-state index contributed by atoms with van der Waals surface area (Å²) in [4.78, 5) is 11.0. The maximum atomic E-state index is 12.3. The summed E-state index contributed by atoms with van der Waals surface area (Å²) < 4.78 is 46.5. The van der Waals surface area contributed by atoms with E-state index in [0.29, 0.717) is 0 Å². The summed E-state index contributed by atoms with van der Waals surface area (Å²) in [6.07, 6.45) is -4.42. The molecule has 94 valence electrons. The molecule has 0 aliphatic heterocycles. The third-order valence-corrected chi connectivity index (χ3v) is 1.87. The maximum Gasteiger partial charge on any atom is 0.416 e. The van der Waals surface area contributed by atoms with Gasteiger partial charge in [0.15, 0.2) is 5.78 Å². The van der Waals surface area contributed by atoms with Crippen molar-refractivity contribution in [2.24, 2.45) is 0 Å². The molecule has 0 saturated carbocycles. The van der Waals surface area contributed by atoms with Gasteiger partial charge >= 0.3 is 6.18 Å². The summed E-state index contributed by atoms with van der Waals surface area (Å²) in [7, 11) is 1.35. The lowest BCUT2D eigenvalue weighted by Crippen LogP contribution is -2.16. The predicted octanol–water partition coefficient (Wildman–Crippen LogP) is 2.30. The first-order valence-electron chi connectivity index (χ1n) is 4.74. The lowest BCUT2D eigenvalue weighted by atomic mass is 10.2. The Kier molecular flexibility index (Phi) is 4.51. The minimum Gasteiger partial charge on any atom is -0.486 e. The van der Waals surface area contributed by atoms with Gasteiger partial charge in [0.2, 0.25) is 0 Å². The Morgan fingerprint density at radius 2 is 2.00 bits per heavy atom. The number of ketones is 1. The zero-order valence-electron chi connectivity index (χ0n) is 9.08. The Labute approximate surface area is 96.1 Å². The first-order valence-corrected chi connectivity index (χ1v) is 4.74. The van der Waals surface area contributed by atoms with Crippen molar-refractivity contribution in [2.45, 2.75) is 6.18 Å². The molecule has 6 heteroatoms. The summed E-state index contributed by atoms with van der Waals surface area (Å²) in [5.41, 5.74) is -0.811. The molecule has 0 aliphatic rings. The van der Waals surface area contributed by atoms with Gasteiger partial charge in [-0.05, 0) is 18.2 Å². The van der Waals surface area contributed by atoms with Crippen LogP contribution in [0.1, 0.15) is 5.56 Å². The van der Waals surface area contributed by atoms with Crippen LogP contribution in [-0.4, -0.2) is 26.1 Å². The number of carbonyl (C=O) groups is 1. The number of carbonyl (C=O) groups excluding carboxylic acids is 1. The van der Waals surface area contributed by atoms with Crippen LogP contribution in [0.3, 0.4) is 0 Å². The van der Waals surface area contributed by atoms with Gasteiger partial charge in [-0.2, -0.15) is 13.2 Å². The van der Waals surface area contributed by atoms with Crippen molar-refractivity contribution in [2.75, 3.05) is 20.3 Å². The molecule has 0 bridgehead atoms. The molecule has 0 atom stereocenters. The molecule has 1 aromatic rings. The Morgan fingerprint density at radius 3 is 2.59 bits per heavy atom. The second-order valence-electron chi connectivity index (χ2n) is 3.29. The fourth-order valence-corrected chi connectivity index (χ4v) is 1.13. The van der Waals surface area contributed by atoms with Crippen molar-refractivity contribution in [3.05, 3.63) is 29.8 Å². The fourth-order valence-electron chi connectivity index (χ4n) is 1.13. The van der Waals surface area contributed by atoms with E-state index in [0.717, 1.165) is 12.1 Å². The highest BCUT2D eigenvalue weighted by atomic mass is 19.4. The third-order valence-electron chi connectivity index (χ3n) is 1.87. The Morgan fingerprint density at radius 1 is 1.29 bits per heavy atom. The molecule has 0 fully saturated rings. The van der Waals surface area contributed by atoms with Gasteiger partial charge in [-0.1, -0.05) is 6.07 Å². The average Bonchev–Trinajstić information content (AvgIpc) is 2.26. The lowest BCUT2D eigenvalue weighted by Gasteiger charge is -2.09. The van der Waals surface area contributed by atoms with Crippen molar-refractivity contribution in [3.8, 4) is 5.75 Å². The van der Waals surface area contributed by atoms with Gasteiger partial charge in [-0.15, -0.1) is 0 Å². The van der Waals surface area contributed by atoms with E-state index in [2.05, 4.69) is 4.74 Å². The summed E-state index contributed by atoms with van der Waals surface area (Å²) in [6, 6.07) is 4.36. The van der Waals surface area contributed by atoms with Crippen LogP contribution in [0.25, 0.3) is 0 Å². The molecule has 0 spiro atoms. The van der Waals surface area contributed by atoms with Crippen LogP contribution in [0, 0.1) is 0 Å². The van der Waals surface area contributed by atoms with Crippen LogP contribution < -0.4 is 4.74 Å². The third kappa shape index (κ3) is 4.44. The minimum atomic E-state index is -4.42. The number of hydrogen-bond acceptors (Lipinski definition) is 3. The molecule has 0 saturated heterocycles. The predicted molar refractivity (Wildman–Crippen MR) is 53.8 cm³/mol. The van der Waals surface area contributed by atoms with E-state index in [9.17, 15) is 18.0 Å². The maximum absolute atomic E-state index is 12.3.